The summed E-state index contributed by atoms with van der Waals surface area (Å²) in [6.07, 6.45) is 4.28. The Morgan fingerprint density at radius 2 is 1.92 bits per heavy atom. The van der Waals surface area contributed by atoms with E-state index in [2.05, 4.69) is 50.7 Å². The molecule has 0 radical (unpaired) electrons. The minimum absolute atomic E-state index is 0. The van der Waals surface area contributed by atoms with Gasteiger partial charge in [-0.25, -0.2) is 4.98 Å². The molecule has 0 atom stereocenters. The highest BCUT2D eigenvalue weighted by Gasteiger charge is 2.07. The highest BCUT2D eigenvalue weighted by molar-refractivity contribution is 7.17. The molecular weight excluding hydrogens is 318 g/mol. The average Bonchev–Trinajstić information content (AvgIpc) is 3.04. The molecule has 1 aromatic carbocycles. The molecule has 0 aliphatic carbocycles. The Bertz CT molecular complexity index is 814. The quantitative estimate of drug-likeness (QED) is 0.723. The number of nitrogens with two attached hydrogens (primary N) is 1. The minimum Gasteiger partial charge on any atom is -0.366 e. The van der Waals surface area contributed by atoms with Crippen LogP contribution in [0.25, 0.3) is 21.3 Å². The largest absolute Gasteiger partial charge is 0.366 e. The fraction of sp³-hybridized carbons (Fsp3) is 0.389. The van der Waals surface area contributed by atoms with E-state index in [1.807, 2.05) is 13.0 Å². The minimum atomic E-state index is 0. The van der Waals surface area contributed by atoms with Crippen LogP contribution in [0.3, 0.4) is 0 Å². The average molecular weight is 344 g/mol. The normalized spacial score (nSPS) is 15.1. The number of nitrogens with zero attached hydrogens (tertiary/aromatic N) is 4. The third-order valence-electron chi connectivity index (χ3n) is 4.18. The summed E-state index contributed by atoms with van der Waals surface area (Å²) < 4.78 is 1.27. The molecule has 6 heteroatoms. The molecule has 128 valence electrons. The van der Waals surface area contributed by atoms with Crippen molar-refractivity contribution in [2.75, 3.05) is 25.9 Å². The summed E-state index contributed by atoms with van der Waals surface area (Å²) in [5.41, 5.74) is 8.10. The zero-order chi connectivity index (χ0) is 16.9. The van der Waals surface area contributed by atoms with Crippen LogP contribution in [-0.2, 0) is 0 Å². The summed E-state index contributed by atoms with van der Waals surface area (Å²) >= 11 is 1.73. The molecule has 2 N–H and O–H groups in total. The molecule has 1 aliphatic rings. The number of benzene rings is 1. The van der Waals surface area contributed by atoms with Crippen LogP contribution in [0.15, 0.2) is 29.6 Å². The summed E-state index contributed by atoms with van der Waals surface area (Å²) in [5, 5.41) is 11.2. The van der Waals surface area contributed by atoms with Crippen LogP contribution in [0.4, 0.5) is 5.95 Å². The topological polar surface area (TPSA) is 67.9 Å². The predicted octanol–water partition coefficient (Wildman–Crippen LogP) is 3.99. The smallest absolute Gasteiger partial charge is 0.240 e. The fourth-order valence-corrected chi connectivity index (χ4v) is 3.62. The molecule has 0 amide bonds. The summed E-state index contributed by atoms with van der Waals surface area (Å²) in [6, 6.07) is 8.32. The first-order valence-electron chi connectivity index (χ1n) is 8.26. The van der Waals surface area contributed by atoms with Crippen LogP contribution >= 0.6 is 11.3 Å². The number of likely N-dealkylation sites (tertiary alicyclic amines) is 1. The van der Waals surface area contributed by atoms with Crippen molar-refractivity contribution in [3.8, 4) is 11.3 Å². The van der Waals surface area contributed by atoms with E-state index in [1.54, 1.807) is 11.3 Å². The molecule has 3 heterocycles. The Kier molecular flexibility index (Phi) is 5.37. The molecule has 4 rings (SSSR count). The van der Waals surface area contributed by atoms with Crippen molar-refractivity contribution in [2.45, 2.75) is 26.2 Å². The first-order valence-corrected chi connectivity index (χ1v) is 9.14. The van der Waals surface area contributed by atoms with E-state index < -0.39 is 0 Å². The third kappa shape index (κ3) is 4.07. The van der Waals surface area contributed by atoms with Crippen molar-refractivity contribution in [1.29, 1.82) is 0 Å². The van der Waals surface area contributed by atoms with Gasteiger partial charge >= 0.3 is 0 Å². The monoisotopic (exact) mass is 343 g/mol. The van der Waals surface area contributed by atoms with Crippen LogP contribution in [0, 0.1) is 6.92 Å². The van der Waals surface area contributed by atoms with Crippen molar-refractivity contribution >= 4 is 27.4 Å². The number of piperidine rings is 1. The summed E-state index contributed by atoms with van der Waals surface area (Å²) in [5.74, 6) is 0.211. The molecule has 0 unspecified atom stereocenters. The number of anilines is 1. The van der Waals surface area contributed by atoms with Gasteiger partial charge in [-0.1, -0.05) is 12.5 Å². The number of fused-ring (bicyclic) bond motifs is 1. The van der Waals surface area contributed by atoms with E-state index >= 15 is 0 Å². The molecule has 5 nitrogen and oxygen atoms in total. The molecule has 0 spiro atoms. The predicted molar refractivity (Wildman–Crippen MR) is 103 cm³/mol. The number of hydrogen-bond acceptors (Lipinski definition) is 6. The second-order valence-corrected chi connectivity index (χ2v) is 7.09. The van der Waals surface area contributed by atoms with Crippen LogP contribution in [0.5, 0.6) is 0 Å². The molecule has 1 saturated heterocycles. The zero-order valence-electron chi connectivity index (χ0n) is 14.2. The maximum Gasteiger partial charge on any atom is 0.240 e. The number of rotatable bonds is 1. The van der Waals surface area contributed by atoms with Crippen molar-refractivity contribution in [1.82, 2.24) is 20.1 Å². The van der Waals surface area contributed by atoms with Crippen LogP contribution in [0.2, 0.25) is 0 Å². The third-order valence-corrected chi connectivity index (χ3v) is 5.08. The van der Waals surface area contributed by atoms with Crippen LogP contribution in [0.1, 0.15) is 26.4 Å². The molecule has 0 bridgehead atoms. The number of nitrogen functional groups attached to an aromatic ring is 1. The van der Waals surface area contributed by atoms with Gasteiger partial charge in [0.1, 0.15) is 5.69 Å². The Labute approximate surface area is 148 Å². The lowest BCUT2D eigenvalue weighted by molar-refractivity contribution is 0.277. The van der Waals surface area contributed by atoms with E-state index in [-0.39, 0.29) is 7.37 Å². The summed E-state index contributed by atoms with van der Waals surface area (Å²) in [4.78, 5) is 6.52. The lowest BCUT2D eigenvalue weighted by atomic mass is 10.1. The molecule has 3 aromatic rings. The number of hydrogen-bond donors (Lipinski definition) is 1. The highest BCUT2D eigenvalue weighted by Crippen LogP contribution is 2.27. The van der Waals surface area contributed by atoms with Crippen LogP contribution in [-0.4, -0.2) is 40.2 Å². The Morgan fingerprint density at radius 1 is 1.12 bits per heavy atom. The Morgan fingerprint density at radius 3 is 2.58 bits per heavy atom. The van der Waals surface area contributed by atoms with Crippen molar-refractivity contribution in [2.24, 2.45) is 0 Å². The van der Waals surface area contributed by atoms with Gasteiger partial charge < -0.3 is 10.6 Å². The SMILES string of the molecule is CN1CCCCC1.Cc1nc(N)nnc1-c1ccc2sccc2c1.[HH]. The van der Waals surface area contributed by atoms with Gasteiger partial charge in [-0.3, -0.25) is 0 Å². The number of aromatic nitrogens is 3. The number of thiophene rings is 1. The second-order valence-electron chi connectivity index (χ2n) is 6.14. The highest BCUT2D eigenvalue weighted by atomic mass is 32.1. The van der Waals surface area contributed by atoms with Gasteiger partial charge in [0.2, 0.25) is 5.95 Å². The molecule has 1 aliphatic heterocycles. The Hall–Kier alpha value is -2.05. The van der Waals surface area contributed by atoms with E-state index in [4.69, 9.17) is 5.73 Å². The molecule has 1 fully saturated rings. The first kappa shape index (κ1) is 16.8. The maximum absolute atomic E-state index is 5.50. The number of aryl methyl sites for hydroxylation is 1. The maximum atomic E-state index is 5.50. The Balaban J connectivity index is 0.000000240. The van der Waals surface area contributed by atoms with Gasteiger partial charge in [-0.05, 0) is 68.9 Å². The van der Waals surface area contributed by atoms with Gasteiger partial charge in [-0.15, -0.1) is 21.5 Å². The summed E-state index contributed by atoms with van der Waals surface area (Å²) in [7, 11) is 2.19. The molecule has 2 aromatic heterocycles. The van der Waals surface area contributed by atoms with Crippen molar-refractivity contribution < 1.29 is 1.43 Å². The van der Waals surface area contributed by atoms with E-state index in [0.717, 1.165) is 17.0 Å². The summed E-state index contributed by atoms with van der Waals surface area (Å²) in [6.45, 7) is 4.53. The van der Waals surface area contributed by atoms with Gasteiger partial charge in [0.05, 0.1) is 5.69 Å². The van der Waals surface area contributed by atoms with Gasteiger partial charge in [0.25, 0.3) is 0 Å². The van der Waals surface area contributed by atoms with E-state index in [9.17, 15) is 0 Å². The molecule has 24 heavy (non-hydrogen) atoms. The van der Waals surface area contributed by atoms with Gasteiger partial charge in [0.15, 0.2) is 0 Å². The first-order chi connectivity index (χ1) is 11.6. The van der Waals surface area contributed by atoms with Gasteiger partial charge in [0, 0.05) is 11.7 Å². The van der Waals surface area contributed by atoms with Crippen LogP contribution < -0.4 is 5.73 Å². The zero-order valence-corrected chi connectivity index (χ0v) is 15.0. The van der Waals surface area contributed by atoms with Crippen molar-refractivity contribution in [3.05, 3.63) is 35.3 Å². The molecule has 0 saturated carbocycles. The van der Waals surface area contributed by atoms with Gasteiger partial charge in [-0.2, -0.15) is 0 Å². The lowest BCUT2D eigenvalue weighted by Gasteiger charge is -2.20. The van der Waals surface area contributed by atoms with E-state index in [0.29, 0.717) is 0 Å². The lowest BCUT2D eigenvalue weighted by Crippen LogP contribution is -2.24. The van der Waals surface area contributed by atoms with Crippen molar-refractivity contribution in [3.63, 3.8) is 0 Å². The molecular formula is C18H25N5S. The standard InChI is InChI=1S/C12H10N4S.C6H13N.H2/c1-7-11(15-16-12(13)14-7)9-2-3-10-8(6-9)4-5-17-10;1-7-5-3-2-4-6-7;/h2-6H,1H3,(H2,13,14,16);2-6H2,1H3;1H. The second kappa shape index (κ2) is 7.68. The fourth-order valence-electron chi connectivity index (χ4n) is 2.85. The van der Waals surface area contributed by atoms with E-state index in [1.165, 1.54) is 42.4 Å².